The van der Waals surface area contributed by atoms with Crippen molar-refractivity contribution in [3.05, 3.63) is 17.4 Å². The average molecular weight is 567 g/mol. The second-order valence-corrected chi connectivity index (χ2v) is 20.9. The lowest BCUT2D eigenvalue weighted by atomic mass is 9.87. The van der Waals surface area contributed by atoms with Gasteiger partial charge in [0.25, 0.3) is 0 Å². The fourth-order valence-corrected chi connectivity index (χ4v) is 9.08. The fourth-order valence-electron chi connectivity index (χ4n) is 5.78. The van der Waals surface area contributed by atoms with Gasteiger partial charge in [0, 0.05) is 43.9 Å². The van der Waals surface area contributed by atoms with Gasteiger partial charge >= 0.3 is 0 Å². The van der Waals surface area contributed by atoms with E-state index < -0.39 is 18.2 Å². The van der Waals surface area contributed by atoms with Crippen LogP contribution in [-0.2, 0) is 20.8 Å². The molecule has 1 saturated heterocycles. The van der Waals surface area contributed by atoms with Gasteiger partial charge in [0.05, 0.1) is 21.9 Å². The van der Waals surface area contributed by atoms with E-state index in [1.54, 1.807) is 0 Å². The van der Waals surface area contributed by atoms with Crippen LogP contribution >= 0.6 is 11.6 Å². The van der Waals surface area contributed by atoms with E-state index >= 15 is 0 Å². The van der Waals surface area contributed by atoms with Crippen LogP contribution in [0.2, 0.25) is 23.3 Å². The van der Waals surface area contributed by atoms with Crippen LogP contribution in [0.25, 0.3) is 10.9 Å². The Bertz CT molecular complexity index is 1250. The molecule has 0 amide bonds. The number of rotatable bonds is 9. The van der Waals surface area contributed by atoms with Crippen LogP contribution in [0, 0.1) is 11.3 Å². The molecule has 2 aromatic rings. The summed E-state index contributed by atoms with van der Waals surface area (Å²) in [5.74, 6) is 1.36. The molecule has 1 atom stereocenters. The molecule has 0 radical (unpaired) electrons. The zero-order valence-electron chi connectivity index (χ0n) is 23.1. The maximum atomic E-state index is 12.6. The van der Waals surface area contributed by atoms with E-state index in [1.165, 1.54) is 12.8 Å². The zero-order valence-corrected chi connectivity index (χ0v) is 25.7. The molecule has 0 spiro atoms. The lowest BCUT2D eigenvalue weighted by Gasteiger charge is -2.40. The van der Waals surface area contributed by atoms with E-state index in [9.17, 15) is 8.42 Å². The minimum atomic E-state index is -2.96. The number of hydrogen-bond acceptors (Lipinski definition) is 6. The standard InChI is InChI=1S/C27H43ClN4O3SSi/c1-26(2,3)37(4,5)35-19-27(11-6-7-12-27)18-32-23-14-24(28)29-15-22(23)25(30-32)31-13-10-20(16-31)17-36(33,34)21-8-9-21/h14-15,20-21H,6-13,16-19H2,1-5H3/t20-/m1/s1. The molecular formula is C27H43ClN4O3SSi. The molecule has 37 heavy (non-hydrogen) atoms. The van der Waals surface area contributed by atoms with Gasteiger partial charge in [-0.25, -0.2) is 13.4 Å². The highest BCUT2D eigenvalue weighted by molar-refractivity contribution is 7.92. The van der Waals surface area contributed by atoms with Gasteiger partial charge in [0.1, 0.15) is 5.15 Å². The van der Waals surface area contributed by atoms with Gasteiger partial charge in [-0.3, -0.25) is 4.68 Å². The molecule has 2 saturated carbocycles. The number of anilines is 1. The Kier molecular flexibility index (Phi) is 7.25. The number of nitrogens with zero attached hydrogens (tertiary/aromatic N) is 4. The van der Waals surface area contributed by atoms with Crippen molar-refractivity contribution in [2.24, 2.45) is 11.3 Å². The monoisotopic (exact) mass is 566 g/mol. The second-order valence-electron chi connectivity index (χ2n) is 13.4. The summed E-state index contributed by atoms with van der Waals surface area (Å²) in [6, 6.07) is 1.93. The van der Waals surface area contributed by atoms with Crippen molar-refractivity contribution in [1.29, 1.82) is 0 Å². The summed E-state index contributed by atoms with van der Waals surface area (Å²) >= 11 is 6.36. The fraction of sp³-hybridized carbons (Fsp3) is 0.778. The number of fused-ring (bicyclic) bond motifs is 1. The molecule has 0 unspecified atom stereocenters. The minimum Gasteiger partial charge on any atom is -0.416 e. The molecule has 10 heteroatoms. The number of hydrogen-bond donors (Lipinski definition) is 0. The Labute approximate surface area is 228 Å². The molecule has 206 valence electrons. The van der Waals surface area contributed by atoms with Gasteiger partial charge in [0.2, 0.25) is 0 Å². The van der Waals surface area contributed by atoms with Crippen molar-refractivity contribution >= 4 is 46.5 Å². The quantitative estimate of drug-likeness (QED) is 0.271. The van der Waals surface area contributed by atoms with E-state index in [0.29, 0.717) is 10.9 Å². The lowest BCUT2D eigenvalue weighted by Crippen LogP contribution is -2.44. The first-order valence-corrected chi connectivity index (χ1v) is 18.9. The third kappa shape index (κ3) is 5.75. The largest absolute Gasteiger partial charge is 0.416 e. The number of pyridine rings is 1. The molecule has 1 aliphatic heterocycles. The van der Waals surface area contributed by atoms with Gasteiger partial charge in [-0.2, -0.15) is 5.10 Å². The van der Waals surface area contributed by atoms with Crippen LogP contribution in [0.1, 0.15) is 65.7 Å². The number of sulfone groups is 1. The Hall–Kier alpha value is -1.16. The molecule has 3 heterocycles. The summed E-state index contributed by atoms with van der Waals surface area (Å²) in [7, 11) is -4.83. The van der Waals surface area contributed by atoms with E-state index in [2.05, 4.69) is 48.4 Å². The Balaban J connectivity index is 1.39. The molecule has 2 aromatic heterocycles. The van der Waals surface area contributed by atoms with Crippen molar-refractivity contribution < 1.29 is 12.8 Å². The van der Waals surface area contributed by atoms with Crippen molar-refractivity contribution in [3.8, 4) is 0 Å². The summed E-state index contributed by atoms with van der Waals surface area (Å²) in [6.45, 7) is 14.6. The summed E-state index contributed by atoms with van der Waals surface area (Å²) in [4.78, 5) is 6.64. The predicted octanol–water partition coefficient (Wildman–Crippen LogP) is 6.07. The van der Waals surface area contributed by atoms with E-state index in [1.807, 2.05) is 12.3 Å². The summed E-state index contributed by atoms with van der Waals surface area (Å²) in [5.41, 5.74) is 1.07. The first kappa shape index (κ1) is 27.4. The van der Waals surface area contributed by atoms with Crippen LogP contribution < -0.4 is 4.90 Å². The molecule has 7 nitrogen and oxygen atoms in total. The van der Waals surface area contributed by atoms with Crippen LogP contribution in [0.15, 0.2) is 12.3 Å². The zero-order chi connectivity index (χ0) is 26.6. The first-order chi connectivity index (χ1) is 17.3. The Morgan fingerprint density at radius 3 is 2.54 bits per heavy atom. The highest BCUT2D eigenvalue weighted by atomic mass is 35.5. The average Bonchev–Trinajstić information content (AvgIpc) is 3.28. The SMILES string of the molecule is CC(C)(C)[Si](C)(C)OCC1(Cn2nc(N3CC[C@@H](CS(=O)(=O)C4CC4)C3)c3cnc(Cl)cc32)CCCC1. The van der Waals surface area contributed by atoms with Crippen molar-refractivity contribution in [1.82, 2.24) is 14.8 Å². The van der Waals surface area contributed by atoms with Crippen LogP contribution in [0.4, 0.5) is 5.82 Å². The van der Waals surface area contributed by atoms with Crippen molar-refractivity contribution in [2.45, 2.75) is 95.6 Å². The molecule has 0 bridgehead atoms. The molecule has 0 aromatic carbocycles. The van der Waals surface area contributed by atoms with Crippen molar-refractivity contribution in [2.75, 3.05) is 30.3 Å². The second kappa shape index (κ2) is 9.79. The van der Waals surface area contributed by atoms with Gasteiger partial charge in [-0.1, -0.05) is 45.2 Å². The number of halogens is 1. The van der Waals surface area contributed by atoms with Crippen molar-refractivity contribution in [3.63, 3.8) is 0 Å². The minimum absolute atomic E-state index is 0.0629. The molecular weight excluding hydrogens is 524 g/mol. The van der Waals surface area contributed by atoms with Gasteiger partial charge in [0.15, 0.2) is 24.0 Å². The van der Waals surface area contributed by atoms with Crippen LogP contribution in [0.3, 0.4) is 0 Å². The maximum Gasteiger partial charge on any atom is 0.192 e. The summed E-state index contributed by atoms with van der Waals surface area (Å²) in [5, 5.41) is 6.69. The lowest BCUT2D eigenvalue weighted by molar-refractivity contribution is 0.114. The first-order valence-electron chi connectivity index (χ1n) is 13.9. The Morgan fingerprint density at radius 1 is 1.19 bits per heavy atom. The molecule has 0 N–H and O–H groups in total. The van der Waals surface area contributed by atoms with E-state index in [4.69, 9.17) is 21.1 Å². The predicted molar refractivity (Wildman–Crippen MR) is 154 cm³/mol. The molecule has 5 rings (SSSR count). The summed E-state index contributed by atoms with van der Waals surface area (Å²) < 4.78 is 34.1. The third-order valence-electron chi connectivity index (χ3n) is 9.36. The smallest absolute Gasteiger partial charge is 0.192 e. The maximum absolute atomic E-state index is 12.6. The highest BCUT2D eigenvalue weighted by Gasteiger charge is 2.43. The van der Waals surface area contributed by atoms with Gasteiger partial charge < -0.3 is 9.33 Å². The normalized spacial score (nSPS) is 22.9. The van der Waals surface area contributed by atoms with Crippen LogP contribution in [0.5, 0.6) is 0 Å². The molecule has 3 aliphatic rings. The van der Waals surface area contributed by atoms with Gasteiger partial charge in [-0.15, -0.1) is 0 Å². The third-order valence-corrected chi connectivity index (χ3v) is 16.5. The summed E-state index contributed by atoms with van der Waals surface area (Å²) in [6.07, 6.45) is 9.10. The molecule has 3 fully saturated rings. The van der Waals surface area contributed by atoms with Crippen LogP contribution in [-0.4, -0.2) is 62.2 Å². The number of aromatic nitrogens is 3. The Morgan fingerprint density at radius 2 is 1.89 bits per heavy atom. The molecule has 2 aliphatic carbocycles. The topological polar surface area (TPSA) is 77.3 Å². The van der Waals surface area contributed by atoms with Gasteiger partial charge in [-0.05, 0) is 56.2 Å². The highest BCUT2D eigenvalue weighted by Crippen LogP contribution is 2.44. The van der Waals surface area contributed by atoms with E-state index in [0.717, 1.165) is 75.1 Å². The van der Waals surface area contributed by atoms with E-state index in [-0.39, 0.29) is 21.6 Å².